The van der Waals surface area contributed by atoms with E-state index in [0.717, 1.165) is 15.6 Å². The van der Waals surface area contributed by atoms with Crippen molar-refractivity contribution in [1.82, 2.24) is 0 Å². The van der Waals surface area contributed by atoms with E-state index in [0.29, 0.717) is 6.42 Å². The molecule has 0 radical (unpaired) electrons. The number of benzene rings is 2. The summed E-state index contributed by atoms with van der Waals surface area (Å²) in [5.41, 5.74) is 2.10. The minimum atomic E-state index is -0.234. The van der Waals surface area contributed by atoms with Gasteiger partial charge in [-0.25, -0.2) is 4.39 Å². The van der Waals surface area contributed by atoms with Crippen LogP contribution in [0.5, 0.6) is 0 Å². The highest BCUT2D eigenvalue weighted by Crippen LogP contribution is 2.23. The molecule has 2 aromatic rings. The minimum Gasteiger partial charge on any atom is -0.396 e. The van der Waals surface area contributed by atoms with Crippen molar-refractivity contribution in [3.8, 4) is 0 Å². The third-order valence-corrected chi connectivity index (χ3v) is 3.43. The van der Waals surface area contributed by atoms with Gasteiger partial charge in [-0.1, -0.05) is 40.2 Å². The Morgan fingerprint density at radius 3 is 2.44 bits per heavy atom. The monoisotopic (exact) mass is 308 g/mol. The molecule has 18 heavy (non-hydrogen) atoms. The van der Waals surface area contributed by atoms with Gasteiger partial charge in [0.1, 0.15) is 5.82 Å². The zero-order chi connectivity index (χ0) is 13.0. The van der Waals surface area contributed by atoms with Gasteiger partial charge in [-0.2, -0.15) is 0 Å². The molecule has 0 aliphatic rings. The average molecular weight is 309 g/mol. The van der Waals surface area contributed by atoms with E-state index in [1.807, 2.05) is 24.3 Å². The summed E-state index contributed by atoms with van der Waals surface area (Å²) in [6.45, 7) is 0.0772. The fourth-order valence-corrected chi connectivity index (χ4v) is 2.37. The normalized spacial score (nSPS) is 12.4. The maximum atomic E-state index is 12.8. The van der Waals surface area contributed by atoms with E-state index >= 15 is 0 Å². The molecule has 0 bridgehead atoms. The van der Waals surface area contributed by atoms with Gasteiger partial charge in [-0.05, 0) is 41.8 Å². The molecule has 0 saturated heterocycles. The van der Waals surface area contributed by atoms with Crippen LogP contribution in [0.15, 0.2) is 53.0 Å². The smallest absolute Gasteiger partial charge is 0.123 e. The molecule has 0 saturated carbocycles. The molecule has 0 fully saturated rings. The van der Waals surface area contributed by atoms with Gasteiger partial charge >= 0.3 is 0 Å². The van der Waals surface area contributed by atoms with Gasteiger partial charge in [-0.15, -0.1) is 0 Å². The zero-order valence-electron chi connectivity index (χ0n) is 9.81. The van der Waals surface area contributed by atoms with Crippen LogP contribution in [0.1, 0.15) is 17.0 Å². The first-order valence-electron chi connectivity index (χ1n) is 5.80. The molecular weight excluding hydrogens is 295 g/mol. The molecule has 2 rings (SSSR count). The van der Waals surface area contributed by atoms with Gasteiger partial charge in [0.05, 0.1) is 6.61 Å². The lowest BCUT2D eigenvalue weighted by Crippen LogP contribution is -2.07. The molecule has 3 heteroatoms. The number of halogens is 2. The SMILES string of the molecule is OCC(Cc1ccc(F)cc1)c1cccc(Br)c1. The molecule has 0 heterocycles. The summed E-state index contributed by atoms with van der Waals surface area (Å²) in [6.07, 6.45) is 0.702. The first kappa shape index (κ1) is 13.2. The lowest BCUT2D eigenvalue weighted by molar-refractivity contribution is 0.264. The van der Waals surface area contributed by atoms with Gasteiger partial charge in [0.2, 0.25) is 0 Å². The van der Waals surface area contributed by atoms with Crippen LogP contribution < -0.4 is 0 Å². The van der Waals surface area contributed by atoms with Crippen LogP contribution in [0.2, 0.25) is 0 Å². The molecule has 0 aliphatic heterocycles. The molecule has 0 amide bonds. The van der Waals surface area contributed by atoms with E-state index in [4.69, 9.17) is 0 Å². The van der Waals surface area contributed by atoms with E-state index in [2.05, 4.69) is 15.9 Å². The van der Waals surface area contributed by atoms with Crippen LogP contribution in [0.4, 0.5) is 4.39 Å². The quantitative estimate of drug-likeness (QED) is 0.908. The van der Waals surface area contributed by atoms with Crippen molar-refractivity contribution < 1.29 is 9.50 Å². The number of aliphatic hydroxyl groups excluding tert-OH is 1. The van der Waals surface area contributed by atoms with Crippen LogP contribution in [0, 0.1) is 5.82 Å². The Labute approximate surface area is 114 Å². The first-order valence-corrected chi connectivity index (χ1v) is 6.59. The highest BCUT2D eigenvalue weighted by Gasteiger charge is 2.11. The maximum Gasteiger partial charge on any atom is 0.123 e. The van der Waals surface area contributed by atoms with Crippen LogP contribution in [-0.2, 0) is 6.42 Å². The predicted molar refractivity (Wildman–Crippen MR) is 74.1 cm³/mol. The number of hydrogen-bond acceptors (Lipinski definition) is 1. The van der Waals surface area contributed by atoms with Crippen LogP contribution in [-0.4, -0.2) is 11.7 Å². The topological polar surface area (TPSA) is 20.2 Å². The number of hydrogen-bond donors (Lipinski definition) is 1. The highest BCUT2D eigenvalue weighted by atomic mass is 79.9. The average Bonchev–Trinajstić information content (AvgIpc) is 2.38. The molecule has 94 valence electrons. The summed E-state index contributed by atoms with van der Waals surface area (Å²) >= 11 is 3.42. The molecular formula is C15H14BrFO. The van der Waals surface area contributed by atoms with Crippen molar-refractivity contribution in [3.63, 3.8) is 0 Å². The lowest BCUT2D eigenvalue weighted by Gasteiger charge is -2.15. The molecule has 0 aliphatic carbocycles. The van der Waals surface area contributed by atoms with E-state index < -0.39 is 0 Å². The van der Waals surface area contributed by atoms with Crippen LogP contribution in [0.3, 0.4) is 0 Å². The fraction of sp³-hybridized carbons (Fsp3) is 0.200. The van der Waals surface area contributed by atoms with Crippen LogP contribution in [0.25, 0.3) is 0 Å². The lowest BCUT2D eigenvalue weighted by atomic mass is 9.93. The molecule has 1 N–H and O–H groups in total. The Morgan fingerprint density at radius 1 is 1.11 bits per heavy atom. The second-order valence-electron chi connectivity index (χ2n) is 4.27. The summed E-state index contributed by atoms with van der Waals surface area (Å²) < 4.78 is 13.8. The van der Waals surface area contributed by atoms with Gasteiger partial charge in [0, 0.05) is 10.4 Å². The Hall–Kier alpha value is -1.19. The Kier molecular flexibility index (Phi) is 4.50. The molecule has 1 unspecified atom stereocenters. The van der Waals surface area contributed by atoms with Gasteiger partial charge in [0.25, 0.3) is 0 Å². The van der Waals surface area contributed by atoms with Crippen molar-refractivity contribution in [2.24, 2.45) is 0 Å². The summed E-state index contributed by atoms with van der Waals surface area (Å²) in [5, 5.41) is 9.50. The standard InChI is InChI=1S/C15H14BrFO/c16-14-3-1-2-12(9-14)13(10-18)8-11-4-6-15(17)7-5-11/h1-7,9,13,18H,8,10H2. The third kappa shape index (κ3) is 3.40. The van der Waals surface area contributed by atoms with E-state index in [-0.39, 0.29) is 18.3 Å². The fourth-order valence-electron chi connectivity index (χ4n) is 1.95. The van der Waals surface area contributed by atoms with Crippen molar-refractivity contribution in [2.45, 2.75) is 12.3 Å². The van der Waals surface area contributed by atoms with Crippen molar-refractivity contribution in [1.29, 1.82) is 0 Å². The Morgan fingerprint density at radius 2 is 1.83 bits per heavy atom. The van der Waals surface area contributed by atoms with Gasteiger partial charge in [0.15, 0.2) is 0 Å². The van der Waals surface area contributed by atoms with Crippen LogP contribution >= 0.6 is 15.9 Å². The number of aliphatic hydroxyl groups is 1. The first-order chi connectivity index (χ1) is 8.69. The maximum absolute atomic E-state index is 12.8. The van der Waals surface area contributed by atoms with E-state index in [9.17, 15) is 9.50 Å². The largest absolute Gasteiger partial charge is 0.396 e. The highest BCUT2D eigenvalue weighted by molar-refractivity contribution is 9.10. The van der Waals surface area contributed by atoms with Crippen molar-refractivity contribution >= 4 is 15.9 Å². The molecule has 1 atom stereocenters. The second kappa shape index (κ2) is 6.12. The molecule has 0 spiro atoms. The van der Waals surface area contributed by atoms with Crippen molar-refractivity contribution in [3.05, 3.63) is 69.9 Å². The second-order valence-corrected chi connectivity index (χ2v) is 5.18. The predicted octanol–water partition coefficient (Wildman–Crippen LogP) is 3.91. The molecule has 2 aromatic carbocycles. The summed E-state index contributed by atoms with van der Waals surface area (Å²) in [4.78, 5) is 0. The van der Waals surface area contributed by atoms with Gasteiger partial charge < -0.3 is 5.11 Å². The summed E-state index contributed by atoms with van der Waals surface area (Å²) in [5.74, 6) is -0.199. The van der Waals surface area contributed by atoms with E-state index in [1.54, 1.807) is 12.1 Å². The van der Waals surface area contributed by atoms with Crippen molar-refractivity contribution in [2.75, 3.05) is 6.61 Å². The summed E-state index contributed by atoms with van der Waals surface area (Å²) in [6, 6.07) is 14.3. The Bertz CT molecular complexity index is 510. The van der Waals surface area contributed by atoms with Gasteiger partial charge in [-0.3, -0.25) is 0 Å². The molecule has 0 aromatic heterocycles. The molecule has 1 nitrogen and oxygen atoms in total. The summed E-state index contributed by atoms with van der Waals surface area (Å²) in [7, 11) is 0. The number of rotatable bonds is 4. The minimum absolute atomic E-state index is 0.0351. The van der Waals surface area contributed by atoms with E-state index in [1.165, 1.54) is 12.1 Å². The Balaban J connectivity index is 2.17. The third-order valence-electron chi connectivity index (χ3n) is 2.94. The zero-order valence-corrected chi connectivity index (χ0v) is 11.4.